The molecule has 0 saturated carbocycles. The fraction of sp³-hybridized carbons (Fsp3) is 0.674. The third-order valence-corrected chi connectivity index (χ3v) is 9.45. The van der Waals surface area contributed by atoms with E-state index in [2.05, 4.69) is 69.2 Å². The fourth-order valence-electron chi connectivity index (χ4n) is 6.20. The van der Waals surface area contributed by atoms with Crippen LogP contribution in [0, 0.1) is 0 Å². The third-order valence-electron chi connectivity index (χ3n) is 9.45. The van der Waals surface area contributed by atoms with Crippen LogP contribution >= 0.6 is 0 Å². The molecular weight excluding hydrogens is 664 g/mol. The average molecular weight is 739 g/mol. The van der Waals surface area contributed by atoms with Crippen LogP contribution in [-0.4, -0.2) is 43.4 Å². The predicted molar refractivity (Wildman–Crippen MR) is 221 cm³/mol. The number of allylic oxidation sites excluding steroid dienone is 1. The first-order valence-corrected chi connectivity index (χ1v) is 20.9. The molecule has 53 heavy (non-hydrogen) atoms. The summed E-state index contributed by atoms with van der Waals surface area (Å²) >= 11 is 0. The summed E-state index contributed by atoms with van der Waals surface area (Å²) in [7, 11) is 1.64. The normalized spacial score (nSPS) is 14.3. The summed E-state index contributed by atoms with van der Waals surface area (Å²) < 4.78 is 38.4. The fourth-order valence-corrected chi connectivity index (χ4v) is 6.20. The second-order valence-corrected chi connectivity index (χ2v) is 14.9. The van der Waals surface area contributed by atoms with Gasteiger partial charge in [-0.1, -0.05) is 98.8 Å². The van der Waals surface area contributed by atoms with Crippen LogP contribution in [0.1, 0.15) is 181 Å². The minimum Gasteiger partial charge on any atom is -0.493 e. The van der Waals surface area contributed by atoms with Gasteiger partial charge < -0.3 is 28.4 Å². The highest BCUT2D eigenvalue weighted by Gasteiger charge is 2.24. The molecule has 0 N–H and O–H groups in total. The Kier molecular flexibility index (Phi) is 22.2. The van der Waals surface area contributed by atoms with Gasteiger partial charge in [0, 0.05) is 17.7 Å². The van der Waals surface area contributed by atoms with Crippen molar-refractivity contribution in [2.45, 2.75) is 196 Å². The van der Waals surface area contributed by atoms with E-state index in [4.69, 9.17) is 28.4 Å². The molecule has 0 heterocycles. The molecule has 7 heteroatoms. The van der Waals surface area contributed by atoms with E-state index in [-0.39, 0.29) is 36.3 Å². The monoisotopic (exact) mass is 739 g/mol. The number of benzene rings is 2. The van der Waals surface area contributed by atoms with E-state index in [9.17, 15) is 4.79 Å². The minimum absolute atomic E-state index is 0.0154. The molecule has 2 aromatic carbocycles. The summed E-state index contributed by atoms with van der Waals surface area (Å²) in [6.07, 6.45) is 18.5. The quantitative estimate of drug-likeness (QED) is 0.0608. The molecule has 2 aromatic rings. The van der Waals surface area contributed by atoms with Crippen LogP contribution in [0.15, 0.2) is 30.3 Å². The van der Waals surface area contributed by atoms with Crippen molar-refractivity contribution in [1.29, 1.82) is 0 Å². The lowest BCUT2D eigenvalue weighted by molar-refractivity contribution is 0.103. The lowest BCUT2D eigenvalue weighted by atomic mass is 10.0. The molecule has 0 saturated heterocycles. The van der Waals surface area contributed by atoms with Crippen LogP contribution in [-0.2, 0) is 0 Å². The third kappa shape index (κ3) is 16.7. The molecule has 2 rings (SSSR count). The van der Waals surface area contributed by atoms with Gasteiger partial charge >= 0.3 is 0 Å². The SMILES string of the molecule is CCCCC(C)Oc1cc(C=CC(=O)c2cc(OC(C)CCCC)cc(OC(C)CCCC)c2OC(C)CCCC)c(OC(C)CCCC)c(OC)c1. The molecule has 300 valence electrons. The Morgan fingerprint density at radius 3 is 1.38 bits per heavy atom. The average Bonchev–Trinajstić information content (AvgIpc) is 3.14. The molecule has 0 aliphatic rings. The Morgan fingerprint density at radius 2 is 0.925 bits per heavy atom. The number of rotatable bonds is 29. The largest absolute Gasteiger partial charge is 0.493 e. The van der Waals surface area contributed by atoms with Gasteiger partial charge in [-0.15, -0.1) is 0 Å². The lowest BCUT2D eigenvalue weighted by Crippen LogP contribution is -2.18. The first kappa shape index (κ1) is 45.8. The number of carbonyl (C=O) groups is 1. The van der Waals surface area contributed by atoms with E-state index >= 15 is 0 Å². The van der Waals surface area contributed by atoms with Gasteiger partial charge in [0.05, 0.1) is 43.2 Å². The topological polar surface area (TPSA) is 72.5 Å². The summed E-state index contributed by atoms with van der Waals surface area (Å²) in [6.45, 7) is 21.3. The van der Waals surface area contributed by atoms with Crippen LogP contribution in [0.3, 0.4) is 0 Å². The zero-order valence-electron chi connectivity index (χ0n) is 35.3. The summed E-state index contributed by atoms with van der Waals surface area (Å²) in [4.78, 5) is 14.5. The van der Waals surface area contributed by atoms with Crippen LogP contribution in [0.25, 0.3) is 6.08 Å². The molecule has 0 aromatic heterocycles. The van der Waals surface area contributed by atoms with Crippen molar-refractivity contribution in [3.05, 3.63) is 41.5 Å². The molecule has 0 bridgehead atoms. The highest BCUT2D eigenvalue weighted by atomic mass is 16.5. The summed E-state index contributed by atoms with van der Waals surface area (Å²) in [6, 6.07) is 7.55. The van der Waals surface area contributed by atoms with E-state index in [1.807, 2.05) is 30.3 Å². The summed E-state index contributed by atoms with van der Waals surface area (Å²) in [5.41, 5.74) is 1.12. The Labute approximate surface area is 323 Å². The van der Waals surface area contributed by atoms with Gasteiger partial charge in [-0.2, -0.15) is 0 Å². The maximum atomic E-state index is 14.5. The molecule has 7 nitrogen and oxygen atoms in total. The van der Waals surface area contributed by atoms with Gasteiger partial charge in [0.25, 0.3) is 0 Å². The van der Waals surface area contributed by atoms with E-state index in [1.54, 1.807) is 13.2 Å². The highest BCUT2D eigenvalue weighted by molar-refractivity contribution is 6.09. The second kappa shape index (κ2) is 25.6. The van der Waals surface area contributed by atoms with Gasteiger partial charge in [-0.25, -0.2) is 0 Å². The summed E-state index contributed by atoms with van der Waals surface area (Å²) in [5.74, 6) is 3.23. The zero-order chi connectivity index (χ0) is 39.2. The zero-order valence-corrected chi connectivity index (χ0v) is 35.3. The number of ether oxygens (including phenoxy) is 6. The number of hydrogen-bond donors (Lipinski definition) is 0. The van der Waals surface area contributed by atoms with Crippen molar-refractivity contribution >= 4 is 11.9 Å². The first-order chi connectivity index (χ1) is 25.5. The van der Waals surface area contributed by atoms with Crippen molar-refractivity contribution in [3.8, 4) is 34.5 Å². The maximum absolute atomic E-state index is 14.5. The molecule has 0 aliphatic carbocycles. The van der Waals surface area contributed by atoms with Crippen molar-refractivity contribution in [3.63, 3.8) is 0 Å². The standard InChI is InChI=1S/C46H74O7/c1-12-17-22-33(6)49-39-29-38(45(43(31-39)48-11)52-36(9)25-20-15-4)27-28-42(47)41-30-40(50-34(7)23-18-13-2)32-44(51-35(8)24-19-14-3)46(41)53-37(10)26-21-16-5/h27-37H,12-26H2,1-11H3. The van der Waals surface area contributed by atoms with Crippen molar-refractivity contribution in [2.24, 2.45) is 0 Å². The number of unbranched alkanes of at least 4 members (excludes halogenated alkanes) is 5. The highest BCUT2D eigenvalue weighted by Crippen LogP contribution is 2.41. The Balaban J connectivity index is 2.73. The molecule has 0 spiro atoms. The van der Waals surface area contributed by atoms with Crippen LogP contribution in [0.4, 0.5) is 0 Å². The van der Waals surface area contributed by atoms with Gasteiger partial charge in [-0.3, -0.25) is 4.79 Å². The predicted octanol–water partition coefficient (Wildman–Crippen LogP) is 13.4. The number of hydrogen-bond acceptors (Lipinski definition) is 7. The van der Waals surface area contributed by atoms with Crippen molar-refractivity contribution < 1.29 is 33.2 Å². The smallest absolute Gasteiger partial charge is 0.189 e. The molecule has 0 fully saturated rings. The first-order valence-electron chi connectivity index (χ1n) is 20.9. The molecular formula is C46H74O7. The molecule has 5 atom stereocenters. The molecule has 5 unspecified atom stereocenters. The van der Waals surface area contributed by atoms with Gasteiger partial charge in [-0.05, 0) is 91.0 Å². The maximum Gasteiger partial charge on any atom is 0.189 e. The Hall–Kier alpha value is -3.35. The number of ketones is 1. The summed E-state index contributed by atoms with van der Waals surface area (Å²) in [5, 5.41) is 0. The van der Waals surface area contributed by atoms with Gasteiger partial charge in [0.1, 0.15) is 11.5 Å². The Morgan fingerprint density at radius 1 is 0.528 bits per heavy atom. The molecule has 0 aliphatic heterocycles. The van der Waals surface area contributed by atoms with E-state index in [0.29, 0.717) is 45.6 Å². The van der Waals surface area contributed by atoms with Crippen LogP contribution in [0.2, 0.25) is 0 Å². The number of carbonyl (C=O) groups excluding carboxylic acids is 1. The van der Waals surface area contributed by atoms with Crippen molar-refractivity contribution in [2.75, 3.05) is 7.11 Å². The van der Waals surface area contributed by atoms with Gasteiger partial charge in [0.15, 0.2) is 28.8 Å². The minimum atomic E-state index is -0.216. The number of methoxy groups -OCH3 is 1. The molecule has 0 amide bonds. The Bertz CT molecular complexity index is 1350. The molecule has 0 radical (unpaired) electrons. The lowest BCUT2D eigenvalue weighted by Gasteiger charge is -2.24. The van der Waals surface area contributed by atoms with Crippen LogP contribution < -0.4 is 28.4 Å². The van der Waals surface area contributed by atoms with Crippen molar-refractivity contribution in [1.82, 2.24) is 0 Å². The van der Waals surface area contributed by atoms with E-state index < -0.39 is 0 Å². The van der Waals surface area contributed by atoms with Crippen LogP contribution in [0.5, 0.6) is 34.5 Å². The van der Waals surface area contributed by atoms with E-state index in [1.165, 1.54) is 0 Å². The second-order valence-electron chi connectivity index (χ2n) is 14.9. The van der Waals surface area contributed by atoms with Gasteiger partial charge in [0.2, 0.25) is 0 Å². The van der Waals surface area contributed by atoms with E-state index in [0.717, 1.165) is 96.3 Å².